The van der Waals surface area contributed by atoms with Crippen molar-refractivity contribution in [3.05, 3.63) is 46.1 Å². The van der Waals surface area contributed by atoms with Gasteiger partial charge in [0.15, 0.2) is 10.4 Å². The Kier molecular flexibility index (Phi) is 3.43. The number of furan rings is 1. The Morgan fingerprint density at radius 3 is 2.91 bits per heavy atom. The van der Waals surface area contributed by atoms with E-state index in [2.05, 4.69) is 36.4 Å². The summed E-state index contributed by atoms with van der Waals surface area (Å²) in [6.45, 7) is 0. The van der Waals surface area contributed by atoms with E-state index >= 15 is 0 Å². The van der Waals surface area contributed by atoms with Gasteiger partial charge >= 0.3 is 6.01 Å². The van der Waals surface area contributed by atoms with Crippen molar-refractivity contribution >= 4 is 49.4 Å². The van der Waals surface area contributed by atoms with E-state index in [1.807, 2.05) is 0 Å². The van der Waals surface area contributed by atoms with Crippen LogP contribution in [-0.4, -0.2) is 21.1 Å². The number of carbonyl (C=O) groups excluding carboxylic acids is 1. The summed E-state index contributed by atoms with van der Waals surface area (Å²) in [6.07, 6.45) is 0. The first-order valence-corrected chi connectivity index (χ1v) is 8.10. The number of fused-ring (bicyclic) bond motifs is 1. The molecule has 3 heterocycles. The first-order chi connectivity index (χ1) is 11.2. The minimum Gasteiger partial charge on any atom is -0.444 e. The number of thiazole rings is 1. The topological polar surface area (TPSA) is 94.1 Å². The van der Waals surface area contributed by atoms with Crippen molar-refractivity contribution in [1.29, 1.82) is 0 Å². The van der Waals surface area contributed by atoms with E-state index in [0.29, 0.717) is 16.0 Å². The lowest BCUT2D eigenvalue weighted by atomic mass is 10.2. The molecule has 7 nitrogen and oxygen atoms in total. The van der Waals surface area contributed by atoms with Crippen LogP contribution < -0.4 is 5.32 Å². The Morgan fingerprint density at radius 2 is 2.09 bits per heavy atom. The molecule has 0 saturated heterocycles. The first-order valence-electron chi connectivity index (χ1n) is 6.43. The Morgan fingerprint density at radius 1 is 1.17 bits per heavy atom. The molecule has 1 amide bonds. The zero-order valence-electron chi connectivity index (χ0n) is 11.3. The smallest absolute Gasteiger partial charge is 0.322 e. The van der Waals surface area contributed by atoms with Crippen molar-refractivity contribution in [1.82, 2.24) is 15.2 Å². The van der Waals surface area contributed by atoms with Crippen molar-refractivity contribution in [2.75, 3.05) is 5.32 Å². The number of anilines is 1. The molecule has 0 bridgehead atoms. The Bertz CT molecular complexity index is 1010. The minimum atomic E-state index is -0.337. The molecule has 23 heavy (non-hydrogen) atoms. The fraction of sp³-hybridized carbons (Fsp3) is 0. The maximum absolute atomic E-state index is 12.2. The van der Waals surface area contributed by atoms with Gasteiger partial charge in [-0.2, -0.15) is 0 Å². The highest BCUT2D eigenvalue weighted by molar-refractivity contribution is 9.10. The highest BCUT2D eigenvalue weighted by Gasteiger charge is 2.15. The molecule has 0 saturated carbocycles. The number of rotatable bonds is 3. The summed E-state index contributed by atoms with van der Waals surface area (Å²) in [5.74, 6) is 0.260. The summed E-state index contributed by atoms with van der Waals surface area (Å²) in [7, 11) is 0. The molecule has 1 N–H and O–H groups in total. The minimum absolute atomic E-state index is 0.00178. The van der Waals surface area contributed by atoms with Crippen molar-refractivity contribution in [2.45, 2.75) is 0 Å². The zero-order valence-corrected chi connectivity index (χ0v) is 13.7. The largest absolute Gasteiger partial charge is 0.444 e. The molecule has 0 radical (unpaired) electrons. The second kappa shape index (κ2) is 5.60. The summed E-state index contributed by atoms with van der Waals surface area (Å²) < 4.78 is 12.2. The van der Waals surface area contributed by atoms with Gasteiger partial charge in [-0.15, -0.1) is 16.4 Å². The maximum Gasteiger partial charge on any atom is 0.322 e. The maximum atomic E-state index is 12.2. The van der Waals surface area contributed by atoms with Crippen molar-refractivity contribution in [3.63, 3.8) is 0 Å². The number of carbonyl (C=O) groups is 1. The van der Waals surface area contributed by atoms with Gasteiger partial charge in [0.05, 0.1) is 15.7 Å². The van der Waals surface area contributed by atoms with E-state index in [9.17, 15) is 4.79 Å². The van der Waals surface area contributed by atoms with E-state index < -0.39 is 0 Å². The summed E-state index contributed by atoms with van der Waals surface area (Å²) in [6, 6.07) is 8.65. The lowest BCUT2D eigenvalue weighted by Crippen LogP contribution is -2.11. The molecule has 1 aromatic carbocycles. The van der Waals surface area contributed by atoms with Gasteiger partial charge in [-0.3, -0.25) is 10.1 Å². The molecule has 114 valence electrons. The average Bonchev–Trinajstić information content (AvgIpc) is 3.26. The van der Waals surface area contributed by atoms with Gasteiger partial charge in [-0.05, 0) is 46.3 Å². The number of benzene rings is 1. The molecular weight excluding hydrogens is 384 g/mol. The number of halogens is 1. The second-order valence-corrected chi connectivity index (χ2v) is 6.17. The molecule has 0 atom stereocenters. The van der Waals surface area contributed by atoms with E-state index in [0.717, 1.165) is 10.2 Å². The molecule has 0 aliphatic carbocycles. The van der Waals surface area contributed by atoms with Gasteiger partial charge in [-0.1, -0.05) is 5.10 Å². The van der Waals surface area contributed by atoms with E-state index in [1.54, 1.807) is 35.8 Å². The fourth-order valence-corrected chi connectivity index (χ4v) is 2.99. The van der Waals surface area contributed by atoms with E-state index in [4.69, 9.17) is 8.83 Å². The van der Waals surface area contributed by atoms with Crippen LogP contribution in [0, 0.1) is 0 Å². The number of hydrogen-bond acceptors (Lipinski definition) is 7. The lowest BCUT2D eigenvalue weighted by Gasteiger charge is -2.00. The molecule has 0 aliphatic rings. The Labute approximate surface area is 141 Å². The SMILES string of the molecule is O=C(Nc1nnc(-c2ccc(Br)o2)o1)c1ccc2ncsc2c1. The lowest BCUT2D eigenvalue weighted by molar-refractivity contribution is 0.102. The normalized spacial score (nSPS) is 11.0. The molecule has 4 aromatic rings. The van der Waals surface area contributed by atoms with Crippen LogP contribution in [-0.2, 0) is 0 Å². The Hall–Kier alpha value is -2.52. The van der Waals surface area contributed by atoms with Gasteiger partial charge in [0.2, 0.25) is 0 Å². The standard InChI is InChI=1S/C14H7BrN4O3S/c15-11-4-3-9(21-11)13-18-19-14(22-13)17-12(20)7-1-2-8-10(5-7)23-6-16-8/h1-6H,(H,17,19,20). The van der Waals surface area contributed by atoms with E-state index in [-0.39, 0.29) is 17.8 Å². The van der Waals surface area contributed by atoms with Crippen LogP contribution in [0.5, 0.6) is 0 Å². The zero-order chi connectivity index (χ0) is 15.8. The number of nitrogens with one attached hydrogen (secondary N) is 1. The van der Waals surface area contributed by atoms with Crippen LogP contribution in [0.4, 0.5) is 6.01 Å². The molecule has 0 fully saturated rings. The van der Waals surface area contributed by atoms with Crippen molar-refractivity contribution < 1.29 is 13.6 Å². The summed E-state index contributed by atoms with van der Waals surface area (Å²) >= 11 is 4.66. The first kappa shape index (κ1) is 14.1. The van der Waals surface area contributed by atoms with Crippen LogP contribution >= 0.6 is 27.3 Å². The summed E-state index contributed by atoms with van der Waals surface area (Å²) in [5, 5.41) is 10.2. The molecule has 4 rings (SSSR count). The van der Waals surface area contributed by atoms with Crippen LogP contribution in [0.25, 0.3) is 21.9 Å². The summed E-state index contributed by atoms with van der Waals surface area (Å²) in [5.41, 5.74) is 3.08. The molecule has 3 aromatic heterocycles. The van der Waals surface area contributed by atoms with Crippen molar-refractivity contribution in [2.24, 2.45) is 0 Å². The average molecular weight is 391 g/mol. The number of amides is 1. The molecule has 0 unspecified atom stereocenters. The number of aromatic nitrogens is 3. The molecular formula is C14H7BrN4O3S. The van der Waals surface area contributed by atoms with E-state index in [1.165, 1.54) is 11.3 Å². The van der Waals surface area contributed by atoms with Gasteiger partial charge in [0.1, 0.15) is 0 Å². The molecule has 9 heteroatoms. The number of hydrogen-bond donors (Lipinski definition) is 1. The molecule has 0 aliphatic heterocycles. The summed E-state index contributed by atoms with van der Waals surface area (Å²) in [4.78, 5) is 16.4. The van der Waals surface area contributed by atoms with Gasteiger partial charge < -0.3 is 8.83 Å². The van der Waals surface area contributed by atoms with Gasteiger partial charge in [0, 0.05) is 5.56 Å². The predicted molar refractivity (Wildman–Crippen MR) is 87.3 cm³/mol. The van der Waals surface area contributed by atoms with Crippen molar-refractivity contribution in [3.8, 4) is 11.7 Å². The molecule has 0 spiro atoms. The van der Waals surface area contributed by atoms with Crippen LogP contribution in [0.2, 0.25) is 0 Å². The van der Waals surface area contributed by atoms with Crippen LogP contribution in [0.3, 0.4) is 0 Å². The third-order valence-corrected chi connectivity index (χ3v) is 4.24. The monoisotopic (exact) mass is 390 g/mol. The third kappa shape index (κ3) is 2.76. The van der Waals surface area contributed by atoms with Crippen LogP contribution in [0.1, 0.15) is 10.4 Å². The highest BCUT2D eigenvalue weighted by atomic mass is 79.9. The number of nitrogens with zero attached hydrogens (tertiary/aromatic N) is 3. The van der Waals surface area contributed by atoms with Gasteiger partial charge in [0.25, 0.3) is 11.8 Å². The second-order valence-electron chi connectivity index (χ2n) is 4.51. The fourth-order valence-electron chi connectivity index (χ4n) is 1.97. The predicted octanol–water partition coefficient (Wildman–Crippen LogP) is 3.95. The highest BCUT2D eigenvalue weighted by Crippen LogP contribution is 2.25. The Balaban J connectivity index is 1.55. The quantitative estimate of drug-likeness (QED) is 0.568. The van der Waals surface area contributed by atoms with Gasteiger partial charge in [-0.25, -0.2) is 4.98 Å². The van der Waals surface area contributed by atoms with Crippen LogP contribution in [0.15, 0.2) is 49.3 Å². The third-order valence-electron chi connectivity index (χ3n) is 3.02.